The van der Waals surface area contributed by atoms with E-state index in [1.807, 2.05) is 29.7 Å². The lowest BCUT2D eigenvalue weighted by atomic mass is 10.1. The van der Waals surface area contributed by atoms with Crippen LogP contribution in [0.1, 0.15) is 11.1 Å². The Kier molecular flexibility index (Phi) is 3.37. The second kappa shape index (κ2) is 4.79. The van der Waals surface area contributed by atoms with Crippen LogP contribution in [0.5, 0.6) is 0 Å². The fraction of sp³-hybridized carbons (Fsp3) is 0.308. The first kappa shape index (κ1) is 12.0. The number of ether oxygens (including phenoxy) is 1. The standard InChI is InChI=1S/C13H13ClN2O/c1-9-3-4-12-10(7-9)11(8-15)13(14)16(12)5-6-17-2/h3-4,7H,5-6H2,1-2H3. The van der Waals surface area contributed by atoms with Crippen LogP contribution in [0, 0.1) is 18.3 Å². The highest BCUT2D eigenvalue weighted by molar-refractivity contribution is 6.32. The summed E-state index contributed by atoms with van der Waals surface area (Å²) in [5, 5.41) is 10.6. The summed E-state index contributed by atoms with van der Waals surface area (Å²) in [7, 11) is 1.65. The second-order valence-corrected chi connectivity index (χ2v) is 4.30. The highest BCUT2D eigenvalue weighted by Crippen LogP contribution is 2.30. The largest absolute Gasteiger partial charge is 0.383 e. The Hall–Kier alpha value is -1.50. The van der Waals surface area contributed by atoms with Crippen LogP contribution in [0.25, 0.3) is 10.9 Å². The number of nitrogens with zero attached hydrogens (tertiary/aromatic N) is 2. The van der Waals surface area contributed by atoms with Crippen molar-refractivity contribution in [2.24, 2.45) is 0 Å². The Bertz CT molecular complexity index is 595. The maximum Gasteiger partial charge on any atom is 0.128 e. The number of rotatable bonds is 3. The molecule has 2 aromatic rings. The monoisotopic (exact) mass is 248 g/mol. The van der Waals surface area contributed by atoms with Gasteiger partial charge in [0.15, 0.2) is 0 Å². The molecule has 0 saturated heterocycles. The minimum absolute atomic E-state index is 0.491. The third kappa shape index (κ3) is 2.02. The van der Waals surface area contributed by atoms with Gasteiger partial charge in [-0.25, -0.2) is 0 Å². The van der Waals surface area contributed by atoms with Crippen LogP contribution in [-0.2, 0) is 11.3 Å². The summed E-state index contributed by atoms with van der Waals surface area (Å²) in [5.74, 6) is 0. The van der Waals surface area contributed by atoms with Gasteiger partial charge in [-0.05, 0) is 19.1 Å². The van der Waals surface area contributed by atoms with E-state index in [4.69, 9.17) is 21.6 Å². The Morgan fingerprint density at radius 2 is 2.24 bits per heavy atom. The van der Waals surface area contributed by atoms with Crippen LogP contribution < -0.4 is 0 Å². The lowest BCUT2D eigenvalue weighted by molar-refractivity contribution is 0.188. The molecule has 0 N–H and O–H groups in total. The zero-order valence-corrected chi connectivity index (χ0v) is 10.6. The number of benzene rings is 1. The maximum atomic E-state index is 9.17. The predicted molar refractivity (Wildman–Crippen MR) is 68.3 cm³/mol. The molecule has 0 fully saturated rings. The molecule has 0 atom stereocenters. The maximum absolute atomic E-state index is 9.17. The van der Waals surface area contributed by atoms with Crippen LogP contribution in [0.4, 0.5) is 0 Å². The molecule has 17 heavy (non-hydrogen) atoms. The van der Waals surface area contributed by atoms with Crippen molar-refractivity contribution in [3.05, 3.63) is 34.5 Å². The summed E-state index contributed by atoms with van der Waals surface area (Å²) in [6.45, 7) is 3.22. The summed E-state index contributed by atoms with van der Waals surface area (Å²) in [6, 6.07) is 8.17. The van der Waals surface area contributed by atoms with Gasteiger partial charge in [0.25, 0.3) is 0 Å². The zero-order valence-electron chi connectivity index (χ0n) is 9.83. The molecule has 0 unspecified atom stereocenters. The number of aromatic nitrogens is 1. The van der Waals surface area contributed by atoms with Crippen molar-refractivity contribution in [1.82, 2.24) is 4.57 Å². The van der Waals surface area contributed by atoms with E-state index in [0.29, 0.717) is 23.9 Å². The highest BCUT2D eigenvalue weighted by Gasteiger charge is 2.14. The van der Waals surface area contributed by atoms with E-state index in [1.54, 1.807) is 7.11 Å². The van der Waals surface area contributed by atoms with Crippen LogP contribution in [-0.4, -0.2) is 18.3 Å². The molecular formula is C13H13ClN2O. The summed E-state index contributed by atoms with van der Waals surface area (Å²) in [4.78, 5) is 0. The lowest BCUT2D eigenvalue weighted by Crippen LogP contribution is -2.03. The number of methoxy groups -OCH3 is 1. The van der Waals surface area contributed by atoms with E-state index in [2.05, 4.69) is 6.07 Å². The van der Waals surface area contributed by atoms with Crippen LogP contribution in [0.15, 0.2) is 18.2 Å². The van der Waals surface area contributed by atoms with Gasteiger partial charge in [0.2, 0.25) is 0 Å². The summed E-state index contributed by atoms with van der Waals surface area (Å²) >= 11 is 6.23. The zero-order chi connectivity index (χ0) is 12.4. The molecule has 0 saturated carbocycles. The van der Waals surface area contributed by atoms with Crippen molar-refractivity contribution in [3.63, 3.8) is 0 Å². The van der Waals surface area contributed by atoms with Crippen molar-refractivity contribution >= 4 is 22.5 Å². The number of fused-ring (bicyclic) bond motifs is 1. The average molecular weight is 249 g/mol. The molecule has 88 valence electrons. The summed E-state index contributed by atoms with van der Waals surface area (Å²) in [6.07, 6.45) is 0. The molecule has 1 aromatic carbocycles. The summed E-state index contributed by atoms with van der Waals surface area (Å²) in [5.41, 5.74) is 2.64. The third-order valence-corrected chi connectivity index (χ3v) is 3.18. The van der Waals surface area contributed by atoms with E-state index < -0.39 is 0 Å². The van der Waals surface area contributed by atoms with Crippen LogP contribution >= 0.6 is 11.6 Å². The van der Waals surface area contributed by atoms with Crippen LogP contribution in [0.3, 0.4) is 0 Å². The second-order valence-electron chi connectivity index (χ2n) is 3.94. The van der Waals surface area contributed by atoms with Gasteiger partial charge in [0, 0.05) is 19.0 Å². The minimum Gasteiger partial charge on any atom is -0.383 e. The van der Waals surface area contributed by atoms with Gasteiger partial charge >= 0.3 is 0 Å². The molecule has 1 aromatic heterocycles. The normalized spacial score (nSPS) is 10.7. The van der Waals surface area contributed by atoms with Gasteiger partial charge in [0.1, 0.15) is 11.2 Å². The van der Waals surface area contributed by atoms with E-state index in [-0.39, 0.29) is 0 Å². The number of nitriles is 1. The SMILES string of the molecule is COCCn1c(Cl)c(C#N)c2cc(C)ccc21. The third-order valence-electron chi connectivity index (χ3n) is 2.79. The first-order valence-electron chi connectivity index (χ1n) is 5.36. The van der Waals surface area contributed by atoms with Crippen molar-refractivity contribution < 1.29 is 4.74 Å². The van der Waals surface area contributed by atoms with Crippen molar-refractivity contribution in [2.75, 3.05) is 13.7 Å². The van der Waals surface area contributed by atoms with Gasteiger partial charge in [0.05, 0.1) is 17.7 Å². The number of hydrogen-bond acceptors (Lipinski definition) is 2. The molecular weight excluding hydrogens is 236 g/mol. The molecule has 0 aliphatic rings. The molecule has 0 radical (unpaired) electrons. The van der Waals surface area contributed by atoms with E-state index >= 15 is 0 Å². The molecule has 2 rings (SSSR count). The van der Waals surface area contributed by atoms with Crippen molar-refractivity contribution in [3.8, 4) is 6.07 Å². The minimum atomic E-state index is 0.491. The van der Waals surface area contributed by atoms with Crippen molar-refractivity contribution in [2.45, 2.75) is 13.5 Å². The molecule has 1 heterocycles. The molecule has 0 spiro atoms. The van der Waals surface area contributed by atoms with Gasteiger partial charge < -0.3 is 9.30 Å². The predicted octanol–water partition coefficient (Wildman–Crippen LogP) is 3.12. The van der Waals surface area contributed by atoms with Gasteiger partial charge in [-0.1, -0.05) is 23.2 Å². The molecule has 0 aliphatic carbocycles. The lowest BCUT2D eigenvalue weighted by Gasteiger charge is -2.05. The van der Waals surface area contributed by atoms with Gasteiger partial charge in [-0.15, -0.1) is 0 Å². The molecule has 0 aliphatic heterocycles. The molecule has 0 bridgehead atoms. The highest BCUT2D eigenvalue weighted by atomic mass is 35.5. The Morgan fingerprint density at radius 1 is 1.47 bits per heavy atom. The Balaban J connectivity index is 2.67. The first-order valence-corrected chi connectivity index (χ1v) is 5.74. The molecule has 4 heteroatoms. The molecule has 3 nitrogen and oxygen atoms in total. The quantitative estimate of drug-likeness (QED) is 0.837. The first-order chi connectivity index (χ1) is 8.19. The smallest absolute Gasteiger partial charge is 0.128 e. The average Bonchev–Trinajstić information content (AvgIpc) is 2.57. The van der Waals surface area contributed by atoms with Crippen LogP contribution in [0.2, 0.25) is 5.15 Å². The number of aryl methyl sites for hydroxylation is 1. The van der Waals surface area contributed by atoms with E-state index in [9.17, 15) is 0 Å². The summed E-state index contributed by atoms with van der Waals surface area (Å²) < 4.78 is 6.97. The topological polar surface area (TPSA) is 38.0 Å². The van der Waals surface area contributed by atoms with E-state index in [1.165, 1.54) is 0 Å². The fourth-order valence-electron chi connectivity index (χ4n) is 1.94. The van der Waals surface area contributed by atoms with Crippen molar-refractivity contribution in [1.29, 1.82) is 5.26 Å². The van der Waals surface area contributed by atoms with Gasteiger partial charge in [-0.2, -0.15) is 5.26 Å². The molecule has 0 amide bonds. The van der Waals surface area contributed by atoms with Gasteiger partial charge in [-0.3, -0.25) is 0 Å². The van der Waals surface area contributed by atoms with E-state index in [0.717, 1.165) is 16.5 Å². The fourth-order valence-corrected chi connectivity index (χ4v) is 2.26. The Morgan fingerprint density at radius 3 is 2.88 bits per heavy atom. The Labute approximate surface area is 105 Å². The number of hydrogen-bond donors (Lipinski definition) is 0. The number of halogens is 1.